The average Bonchev–Trinajstić information content (AvgIpc) is 2.69. The molecule has 0 aliphatic heterocycles. The quantitative estimate of drug-likeness (QED) is 0.0670. The van der Waals surface area contributed by atoms with Crippen LogP contribution >= 0.6 is 17.1 Å². The molecule has 0 aromatic carbocycles. The molecule has 0 heterocycles. The molecule has 0 aliphatic carbocycles. The van der Waals surface area contributed by atoms with Crippen molar-refractivity contribution in [3.05, 3.63) is 0 Å². The van der Waals surface area contributed by atoms with Gasteiger partial charge >= 0.3 is 0 Å². The second-order valence-corrected chi connectivity index (χ2v) is 16.3. The topological polar surface area (TPSA) is 32.3 Å². The van der Waals surface area contributed by atoms with Crippen LogP contribution in [0.25, 0.3) is 0 Å². The summed E-state index contributed by atoms with van der Waals surface area (Å²) in [7, 11) is 0. The number of rotatable bonds is 24. The first-order chi connectivity index (χ1) is 14.8. The van der Waals surface area contributed by atoms with Gasteiger partial charge in [-0.25, -0.2) is 0 Å². The van der Waals surface area contributed by atoms with Crippen LogP contribution in [0.1, 0.15) is 143 Å². The molecule has 0 spiro atoms. The van der Waals surface area contributed by atoms with Crippen LogP contribution in [0.4, 0.5) is 0 Å². The fraction of sp³-hybridized carbons (Fsp3) is 1.00. The van der Waals surface area contributed by atoms with E-state index in [2.05, 4.69) is 27.7 Å². The summed E-state index contributed by atoms with van der Waals surface area (Å²) in [5.74, 6) is 2.57. The third-order valence-electron chi connectivity index (χ3n) is 5.85. The summed E-state index contributed by atoms with van der Waals surface area (Å²) in [5.41, 5.74) is -2.86. The normalized spacial score (nSPS) is 13.5. The van der Waals surface area contributed by atoms with E-state index in [1.165, 1.54) is 114 Å². The van der Waals surface area contributed by atoms with Crippen molar-refractivity contribution in [1.29, 1.82) is 0 Å². The molecule has 0 aromatic rings. The second-order valence-electron chi connectivity index (χ2n) is 10.1. The monoisotopic (exact) mass is 557 g/mol. The Morgan fingerprint density at radius 2 is 0.969 bits per heavy atom. The molecule has 0 bridgehead atoms. The molecule has 0 saturated heterocycles. The van der Waals surface area contributed by atoms with Gasteiger partial charge < -0.3 is 9.42 Å². The second kappa shape index (κ2) is 25.6. The fourth-order valence-corrected chi connectivity index (χ4v) is 7.20. The van der Waals surface area contributed by atoms with Crippen molar-refractivity contribution in [3.8, 4) is 0 Å². The predicted molar refractivity (Wildman–Crippen MR) is 145 cm³/mol. The molecular weight excluding hydrogens is 505 g/mol. The van der Waals surface area contributed by atoms with Crippen LogP contribution in [0.15, 0.2) is 0 Å². The summed E-state index contributed by atoms with van der Waals surface area (Å²) in [6, 6.07) is 0. The maximum Gasteiger partial charge on any atom is 0.0513 e. The van der Waals surface area contributed by atoms with Crippen molar-refractivity contribution >= 4 is 28.9 Å². The van der Waals surface area contributed by atoms with Gasteiger partial charge in [0.1, 0.15) is 0 Å². The van der Waals surface area contributed by atoms with Gasteiger partial charge in [0.05, 0.1) is 6.61 Å². The van der Waals surface area contributed by atoms with E-state index in [0.29, 0.717) is 6.61 Å². The zero-order valence-corrected chi connectivity index (χ0v) is 27.6. The largest absolute Gasteiger partial charge is 0.793 e. The van der Waals surface area contributed by atoms with Gasteiger partial charge in [-0.2, -0.15) is 0 Å². The Bertz CT molecular complexity index is 389. The Labute approximate surface area is 224 Å². The summed E-state index contributed by atoms with van der Waals surface area (Å²) in [6.07, 6.45) is 23.5. The fourth-order valence-electron chi connectivity index (χ4n) is 3.82. The number of hydrogen-bond acceptors (Lipinski definition) is 4. The first kappa shape index (κ1) is 35.7. The van der Waals surface area contributed by atoms with Crippen molar-refractivity contribution in [2.45, 2.75) is 143 Å². The Morgan fingerprint density at radius 3 is 1.38 bits per heavy atom. The van der Waals surface area contributed by atoms with Crippen molar-refractivity contribution in [1.82, 2.24) is 0 Å². The van der Waals surface area contributed by atoms with E-state index in [-0.39, 0.29) is 19.5 Å². The Morgan fingerprint density at radius 1 is 0.625 bits per heavy atom. The van der Waals surface area contributed by atoms with Gasteiger partial charge in [-0.3, -0.25) is 0 Å². The molecule has 2 nitrogen and oxygen atoms in total. The minimum absolute atomic E-state index is 0. The maximum atomic E-state index is 12.3. The van der Waals surface area contributed by atoms with Gasteiger partial charge in [0.15, 0.2) is 0 Å². The molecular formula is C26H54O2PS2Zn-. The van der Waals surface area contributed by atoms with Crippen molar-refractivity contribution in [3.63, 3.8) is 0 Å². The standard InChI is InChI=1S/C26H55O2PS2.Zn/c1-25(2)21-17-13-9-5-7-11-15-19-23-28-29(27,30)31-24-20-16-12-8-6-10-14-18-22-26(3)4;/h25-26H,5-24H2,1-4H3,(H,27,30);/p-1. The van der Waals surface area contributed by atoms with Crippen LogP contribution in [0.2, 0.25) is 0 Å². The van der Waals surface area contributed by atoms with E-state index >= 15 is 0 Å². The third-order valence-corrected chi connectivity index (χ3v) is 10.2. The smallest absolute Gasteiger partial charge is 0.0513 e. The summed E-state index contributed by atoms with van der Waals surface area (Å²) < 4.78 is 5.54. The van der Waals surface area contributed by atoms with Crippen LogP contribution in [-0.2, 0) is 35.8 Å². The van der Waals surface area contributed by atoms with E-state index in [9.17, 15) is 4.89 Å². The van der Waals surface area contributed by atoms with Gasteiger partial charge in [-0.15, -0.1) is 11.4 Å². The molecule has 32 heavy (non-hydrogen) atoms. The van der Waals surface area contributed by atoms with E-state index in [4.69, 9.17) is 16.3 Å². The van der Waals surface area contributed by atoms with Crippen LogP contribution in [0.5, 0.6) is 0 Å². The van der Waals surface area contributed by atoms with Crippen molar-refractivity contribution in [2.24, 2.45) is 11.8 Å². The Kier molecular flexibility index (Phi) is 28.6. The Balaban J connectivity index is 0. The predicted octanol–water partition coefficient (Wildman–Crippen LogP) is 9.65. The molecule has 0 N–H and O–H groups in total. The summed E-state index contributed by atoms with van der Waals surface area (Å²) in [5, 5.41) is 0. The van der Waals surface area contributed by atoms with E-state index in [0.717, 1.165) is 30.4 Å². The molecule has 0 rings (SSSR count). The van der Waals surface area contributed by atoms with Crippen LogP contribution in [0, 0.1) is 11.8 Å². The van der Waals surface area contributed by atoms with Crippen molar-refractivity contribution in [2.75, 3.05) is 12.4 Å². The molecule has 0 saturated carbocycles. The number of hydrogen-bond donors (Lipinski definition) is 0. The minimum Gasteiger partial charge on any atom is -0.793 e. The zero-order valence-electron chi connectivity index (χ0n) is 22.1. The summed E-state index contributed by atoms with van der Waals surface area (Å²) >= 11 is 6.58. The van der Waals surface area contributed by atoms with Gasteiger partial charge in [-0.1, -0.05) is 142 Å². The van der Waals surface area contributed by atoms with E-state index in [1.807, 2.05) is 0 Å². The van der Waals surface area contributed by atoms with Crippen LogP contribution < -0.4 is 4.89 Å². The Hall–Kier alpha value is 1.54. The first-order valence-corrected chi connectivity index (χ1v) is 17.7. The molecule has 190 valence electrons. The van der Waals surface area contributed by atoms with Gasteiger partial charge in [0, 0.05) is 25.2 Å². The van der Waals surface area contributed by atoms with E-state index in [1.54, 1.807) is 0 Å². The van der Waals surface area contributed by atoms with Gasteiger partial charge in [-0.05, 0) is 30.4 Å². The molecule has 0 aromatic heterocycles. The first-order valence-electron chi connectivity index (χ1n) is 13.4. The van der Waals surface area contributed by atoms with Crippen molar-refractivity contribution < 1.29 is 28.9 Å². The molecule has 0 fully saturated rings. The molecule has 0 amide bonds. The third kappa shape index (κ3) is 29.6. The van der Waals surface area contributed by atoms with Crippen LogP contribution in [-0.4, -0.2) is 12.4 Å². The molecule has 1 unspecified atom stereocenters. The van der Waals surface area contributed by atoms with Gasteiger partial charge in [0.25, 0.3) is 0 Å². The minimum atomic E-state index is -2.86. The SMILES string of the molecule is CC(C)CCCCCCCCCCOP([O-])(=S)SCCCCCCCCCCC(C)C.[Zn]. The molecule has 1 atom stereocenters. The maximum absolute atomic E-state index is 12.3. The molecule has 0 aliphatic rings. The van der Waals surface area contributed by atoms with Gasteiger partial charge in [0.2, 0.25) is 0 Å². The average molecular weight is 559 g/mol. The number of unbranched alkanes of at least 4 members (excludes halogenated alkanes) is 14. The summed E-state index contributed by atoms with van der Waals surface area (Å²) in [6.45, 7) is 9.80. The zero-order chi connectivity index (χ0) is 23.2. The molecule has 6 heteroatoms. The van der Waals surface area contributed by atoms with E-state index < -0.39 is 5.69 Å². The molecule has 0 radical (unpaired) electrons. The van der Waals surface area contributed by atoms with Crippen LogP contribution in [0.3, 0.4) is 0 Å². The summed E-state index contributed by atoms with van der Waals surface area (Å²) in [4.78, 5) is 12.3.